The van der Waals surface area contributed by atoms with Crippen molar-refractivity contribution >= 4 is 23.0 Å². The van der Waals surface area contributed by atoms with Crippen molar-refractivity contribution in [3.8, 4) is 5.75 Å². The van der Waals surface area contributed by atoms with Gasteiger partial charge in [-0.1, -0.05) is 13.8 Å². The van der Waals surface area contributed by atoms with E-state index in [0.29, 0.717) is 11.1 Å². The second-order valence-electron chi connectivity index (χ2n) is 8.10. The summed E-state index contributed by atoms with van der Waals surface area (Å²) >= 11 is 0. The predicted octanol–water partition coefficient (Wildman–Crippen LogP) is 3.86. The summed E-state index contributed by atoms with van der Waals surface area (Å²) in [7, 11) is 0. The highest BCUT2D eigenvalue weighted by atomic mass is 16.6. The van der Waals surface area contributed by atoms with Gasteiger partial charge in [0.15, 0.2) is 0 Å². The van der Waals surface area contributed by atoms with Crippen LogP contribution < -0.4 is 15.7 Å². The first-order chi connectivity index (χ1) is 12.9. The lowest BCUT2D eigenvalue weighted by Crippen LogP contribution is -2.48. The molecule has 0 radical (unpaired) electrons. The molecular weight excluding hydrogens is 362 g/mol. The number of benzene rings is 1. The second kappa shape index (κ2) is 8.04. The lowest BCUT2D eigenvalue weighted by Gasteiger charge is -2.24. The average Bonchev–Trinajstić information content (AvgIpc) is 2.53. The van der Waals surface area contributed by atoms with Crippen LogP contribution >= 0.6 is 0 Å². The quantitative estimate of drug-likeness (QED) is 0.485. The predicted molar refractivity (Wildman–Crippen MR) is 106 cm³/mol. The molecule has 0 aliphatic heterocycles. The number of nitrogens with one attached hydrogen (secondary N) is 1. The minimum atomic E-state index is -0.894. The Morgan fingerprint density at radius 1 is 1.14 bits per heavy atom. The number of rotatable bonds is 4. The summed E-state index contributed by atoms with van der Waals surface area (Å²) in [6, 6.07) is 3.89. The van der Waals surface area contributed by atoms with E-state index in [1.807, 2.05) is 6.92 Å². The summed E-state index contributed by atoms with van der Waals surface area (Å²) in [4.78, 5) is 36.4. The summed E-state index contributed by atoms with van der Waals surface area (Å²) < 4.78 is 16.0. The molecular formula is C21H27NO6. The first kappa shape index (κ1) is 21.5. The van der Waals surface area contributed by atoms with Crippen molar-refractivity contribution < 1.29 is 23.5 Å². The fourth-order valence-electron chi connectivity index (χ4n) is 2.71. The zero-order valence-corrected chi connectivity index (χ0v) is 17.3. The minimum Gasteiger partial charge on any atom is -0.444 e. The van der Waals surface area contributed by atoms with Crippen LogP contribution in [0.5, 0.6) is 5.75 Å². The van der Waals surface area contributed by atoms with Crippen LogP contribution in [0.4, 0.5) is 4.79 Å². The second-order valence-corrected chi connectivity index (χ2v) is 8.10. The number of carbonyl (C=O) groups is 2. The van der Waals surface area contributed by atoms with Crippen LogP contribution in [0, 0.1) is 19.8 Å². The monoisotopic (exact) mass is 389 g/mol. The van der Waals surface area contributed by atoms with Gasteiger partial charge in [0.25, 0.3) is 0 Å². The Morgan fingerprint density at radius 3 is 2.36 bits per heavy atom. The molecule has 0 aliphatic rings. The standard InChI is InChI=1S/C21H27NO6/c1-11(2)17(22-20(25)28-21(5,6)7)19(24)26-15-9-8-14-12(3)10-16(23)27-18(14)13(15)4/h8-11,17H,1-7H3,(H,22,25)/t17-/m0/s1. The molecule has 1 atom stereocenters. The van der Waals surface area contributed by atoms with Gasteiger partial charge < -0.3 is 19.2 Å². The van der Waals surface area contributed by atoms with Gasteiger partial charge in [-0.15, -0.1) is 0 Å². The van der Waals surface area contributed by atoms with Gasteiger partial charge in [0.1, 0.15) is 23.0 Å². The lowest BCUT2D eigenvalue weighted by atomic mass is 10.0. The van der Waals surface area contributed by atoms with E-state index < -0.39 is 29.3 Å². The van der Waals surface area contributed by atoms with Crippen molar-refractivity contribution in [2.45, 2.75) is 60.1 Å². The summed E-state index contributed by atoms with van der Waals surface area (Å²) in [5.74, 6) is -0.581. The highest BCUT2D eigenvalue weighted by Crippen LogP contribution is 2.28. The molecule has 1 aromatic heterocycles. The van der Waals surface area contributed by atoms with Crippen LogP contribution in [0.2, 0.25) is 0 Å². The number of fused-ring (bicyclic) bond motifs is 1. The van der Waals surface area contributed by atoms with E-state index >= 15 is 0 Å². The van der Waals surface area contributed by atoms with Gasteiger partial charge in [-0.25, -0.2) is 14.4 Å². The number of aryl methyl sites for hydroxylation is 2. The third-order valence-electron chi connectivity index (χ3n) is 4.12. The third kappa shape index (κ3) is 5.12. The summed E-state index contributed by atoms with van der Waals surface area (Å²) in [6.45, 7) is 12.3. The van der Waals surface area contributed by atoms with Gasteiger partial charge in [-0.3, -0.25) is 0 Å². The Hall–Kier alpha value is -2.83. The van der Waals surface area contributed by atoms with Gasteiger partial charge in [0.05, 0.1) is 0 Å². The lowest BCUT2D eigenvalue weighted by molar-refractivity contribution is -0.138. The fourth-order valence-corrected chi connectivity index (χ4v) is 2.71. The van der Waals surface area contributed by atoms with Crippen molar-refractivity contribution in [1.82, 2.24) is 5.32 Å². The molecule has 0 unspecified atom stereocenters. The average molecular weight is 389 g/mol. The molecule has 1 aromatic carbocycles. The number of hydrogen-bond acceptors (Lipinski definition) is 6. The normalized spacial score (nSPS) is 12.7. The maximum Gasteiger partial charge on any atom is 0.408 e. The molecule has 0 saturated heterocycles. The molecule has 0 aliphatic carbocycles. The molecule has 0 bridgehead atoms. The van der Waals surface area contributed by atoms with Crippen molar-refractivity contribution in [1.29, 1.82) is 0 Å². The van der Waals surface area contributed by atoms with Crippen molar-refractivity contribution in [2.75, 3.05) is 0 Å². The van der Waals surface area contributed by atoms with Crippen LogP contribution in [0.15, 0.2) is 27.4 Å². The Bertz CT molecular complexity index is 952. The van der Waals surface area contributed by atoms with Gasteiger partial charge in [-0.2, -0.15) is 0 Å². The number of carbonyl (C=O) groups excluding carboxylic acids is 2. The Labute approximate surface area is 164 Å². The van der Waals surface area contributed by atoms with Crippen LogP contribution in [0.1, 0.15) is 45.7 Å². The topological polar surface area (TPSA) is 94.8 Å². The molecule has 1 amide bonds. The molecule has 1 N–H and O–H groups in total. The van der Waals surface area contributed by atoms with E-state index in [4.69, 9.17) is 13.9 Å². The van der Waals surface area contributed by atoms with E-state index in [1.54, 1.807) is 53.7 Å². The van der Waals surface area contributed by atoms with Crippen LogP contribution in [0.25, 0.3) is 11.0 Å². The highest BCUT2D eigenvalue weighted by Gasteiger charge is 2.29. The SMILES string of the molecule is Cc1cc(=O)oc2c(C)c(OC(=O)[C@@H](NC(=O)OC(C)(C)C)C(C)C)ccc12. The van der Waals surface area contributed by atoms with Crippen molar-refractivity contribution in [3.63, 3.8) is 0 Å². The molecule has 0 fully saturated rings. The molecule has 28 heavy (non-hydrogen) atoms. The maximum atomic E-state index is 12.7. The zero-order chi connectivity index (χ0) is 21.2. The van der Waals surface area contributed by atoms with E-state index in [1.165, 1.54) is 6.07 Å². The first-order valence-electron chi connectivity index (χ1n) is 9.14. The van der Waals surface area contributed by atoms with Crippen LogP contribution in [0.3, 0.4) is 0 Å². The smallest absolute Gasteiger partial charge is 0.408 e. The molecule has 7 nitrogen and oxygen atoms in total. The Kier molecular flexibility index (Phi) is 6.17. The van der Waals surface area contributed by atoms with Crippen LogP contribution in [-0.4, -0.2) is 23.7 Å². The van der Waals surface area contributed by atoms with Crippen molar-refractivity contribution in [2.24, 2.45) is 5.92 Å². The van der Waals surface area contributed by atoms with E-state index in [-0.39, 0.29) is 11.7 Å². The highest BCUT2D eigenvalue weighted by molar-refractivity contribution is 5.87. The number of amides is 1. The summed E-state index contributed by atoms with van der Waals surface area (Å²) in [5.41, 5.74) is 0.532. The zero-order valence-electron chi connectivity index (χ0n) is 17.3. The van der Waals surface area contributed by atoms with Crippen LogP contribution in [-0.2, 0) is 9.53 Å². The number of ether oxygens (including phenoxy) is 2. The molecule has 2 rings (SSSR count). The molecule has 0 saturated carbocycles. The molecule has 1 heterocycles. The van der Waals surface area contributed by atoms with E-state index in [0.717, 1.165) is 10.9 Å². The number of alkyl carbamates (subject to hydrolysis) is 1. The van der Waals surface area contributed by atoms with Gasteiger partial charge in [0.2, 0.25) is 0 Å². The Balaban J connectivity index is 2.27. The minimum absolute atomic E-state index is 0.221. The van der Waals surface area contributed by atoms with E-state index in [9.17, 15) is 14.4 Å². The van der Waals surface area contributed by atoms with Crippen molar-refractivity contribution in [3.05, 3.63) is 39.7 Å². The molecule has 2 aromatic rings. The first-order valence-corrected chi connectivity index (χ1v) is 9.14. The summed E-state index contributed by atoms with van der Waals surface area (Å²) in [6.07, 6.45) is -0.694. The largest absolute Gasteiger partial charge is 0.444 e. The Morgan fingerprint density at radius 2 is 1.79 bits per heavy atom. The molecule has 0 spiro atoms. The molecule has 7 heteroatoms. The number of esters is 1. The number of hydrogen-bond donors (Lipinski definition) is 1. The maximum absolute atomic E-state index is 12.7. The van der Waals surface area contributed by atoms with Gasteiger partial charge >= 0.3 is 17.7 Å². The summed E-state index contributed by atoms with van der Waals surface area (Å²) in [5, 5.41) is 3.33. The third-order valence-corrected chi connectivity index (χ3v) is 4.12. The fraction of sp³-hybridized carbons (Fsp3) is 0.476. The van der Waals surface area contributed by atoms with Gasteiger partial charge in [0, 0.05) is 17.0 Å². The van der Waals surface area contributed by atoms with E-state index in [2.05, 4.69) is 5.32 Å². The molecule has 152 valence electrons. The van der Waals surface area contributed by atoms with Gasteiger partial charge in [-0.05, 0) is 58.2 Å².